The van der Waals surface area contributed by atoms with Crippen molar-refractivity contribution in [2.24, 2.45) is 5.14 Å². The highest BCUT2D eigenvalue weighted by atomic mass is 32.2. The smallest absolute Gasteiger partial charge is 0.238 e. The van der Waals surface area contributed by atoms with E-state index in [4.69, 9.17) is 5.14 Å². The molecule has 0 amide bonds. The molecule has 0 atom stereocenters. The SMILES string of the molecule is CC(C)Nc1nc(C(C)C)cc(N2CCc3ccc(S(N)(=O)=O)cc3C2)n1. The van der Waals surface area contributed by atoms with Crippen molar-refractivity contribution < 1.29 is 8.42 Å². The zero-order chi connectivity index (χ0) is 19.8. The predicted octanol–water partition coefficient (Wildman–Crippen LogP) is 2.63. The van der Waals surface area contributed by atoms with Crippen LogP contribution in [0.2, 0.25) is 0 Å². The van der Waals surface area contributed by atoms with Gasteiger partial charge in [-0.2, -0.15) is 4.98 Å². The Balaban J connectivity index is 1.95. The van der Waals surface area contributed by atoms with Gasteiger partial charge >= 0.3 is 0 Å². The molecule has 0 bridgehead atoms. The van der Waals surface area contributed by atoms with E-state index >= 15 is 0 Å². The van der Waals surface area contributed by atoms with Crippen molar-refractivity contribution in [3.05, 3.63) is 41.1 Å². The molecule has 146 valence electrons. The standard InChI is InChI=1S/C19H27N5O2S/c1-12(2)17-10-18(23-19(22-17)21-13(3)4)24-8-7-14-5-6-16(27(20,25)26)9-15(14)11-24/h5-6,9-10,12-13H,7-8,11H2,1-4H3,(H2,20,25,26)(H,21,22,23). The first-order valence-electron chi connectivity index (χ1n) is 9.18. The summed E-state index contributed by atoms with van der Waals surface area (Å²) in [5, 5.41) is 8.57. The average molecular weight is 390 g/mol. The monoisotopic (exact) mass is 389 g/mol. The molecule has 0 fully saturated rings. The number of anilines is 2. The van der Waals surface area contributed by atoms with E-state index in [1.807, 2.05) is 12.1 Å². The molecule has 1 aliphatic rings. The number of hydrogen-bond acceptors (Lipinski definition) is 6. The lowest BCUT2D eigenvalue weighted by atomic mass is 10.00. The van der Waals surface area contributed by atoms with Crippen LogP contribution in [-0.4, -0.2) is 31.0 Å². The van der Waals surface area contributed by atoms with Crippen molar-refractivity contribution in [1.82, 2.24) is 9.97 Å². The molecule has 0 saturated carbocycles. The highest BCUT2D eigenvalue weighted by molar-refractivity contribution is 7.89. The van der Waals surface area contributed by atoms with Crippen LogP contribution in [-0.2, 0) is 23.0 Å². The molecule has 3 N–H and O–H groups in total. The minimum Gasteiger partial charge on any atom is -0.352 e. The van der Waals surface area contributed by atoms with E-state index in [1.165, 1.54) is 0 Å². The molecule has 2 aromatic rings. The lowest BCUT2D eigenvalue weighted by Gasteiger charge is -2.30. The molecule has 1 aliphatic heterocycles. The van der Waals surface area contributed by atoms with Gasteiger partial charge in [-0.25, -0.2) is 18.5 Å². The molecule has 0 spiro atoms. The maximum absolute atomic E-state index is 11.7. The second-order valence-electron chi connectivity index (χ2n) is 7.58. The van der Waals surface area contributed by atoms with Crippen molar-refractivity contribution in [3.8, 4) is 0 Å². The minimum atomic E-state index is -3.71. The van der Waals surface area contributed by atoms with Crippen LogP contribution in [0.1, 0.15) is 50.4 Å². The Morgan fingerprint density at radius 3 is 2.48 bits per heavy atom. The van der Waals surface area contributed by atoms with Crippen LogP contribution >= 0.6 is 0 Å². The summed E-state index contributed by atoms with van der Waals surface area (Å²) in [5.41, 5.74) is 3.10. The number of rotatable bonds is 5. The molecule has 0 aliphatic carbocycles. The van der Waals surface area contributed by atoms with Crippen molar-refractivity contribution in [3.63, 3.8) is 0 Å². The number of benzene rings is 1. The van der Waals surface area contributed by atoms with E-state index in [9.17, 15) is 8.42 Å². The van der Waals surface area contributed by atoms with Gasteiger partial charge in [0, 0.05) is 25.2 Å². The Kier molecular flexibility index (Phi) is 5.39. The third-order valence-electron chi connectivity index (χ3n) is 4.58. The number of nitrogens with one attached hydrogen (secondary N) is 1. The number of sulfonamides is 1. The van der Waals surface area contributed by atoms with Gasteiger partial charge in [0.15, 0.2) is 0 Å². The summed E-state index contributed by atoms with van der Waals surface area (Å²) in [6.45, 7) is 9.73. The maximum atomic E-state index is 11.7. The summed E-state index contributed by atoms with van der Waals surface area (Å²) in [6, 6.07) is 7.37. The number of aromatic nitrogens is 2. The summed E-state index contributed by atoms with van der Waals surface area (Å²) < 4.78 is 23.3. The van der Waals surface area contributed by atoms with E-state index in [2.05, 4.69) is 47.9 Å². The van der Waals surface area contributed by atoms with E-state index in [1.54, 1.807) is 12.1 Å². The zero-order valence-corrected chi connectivity index (χ0v) is 17.0. The fourth-order valence-corrected chi connectivity index (χ4v) is 3.70. The summed E-state index contributed by atoms with van der Waals surface area (Å²) in [6.07, 6.45) is 0.828. The maximum Gasteiger partial charge on any atom is 0.238 e. The molecule has 0 radical (unpaired) electrons. The summed E-state index contributed by atoms with van der Waals surface area (Å²) >= 11 is 0. The van der Waals surface area contributed by atoms with E-state index in [-0.39, 0.29) is 16.9 Å². The molecule has 27 heavy (non-hydrogen) atoms. The molecule has 0 saturated heterocycles. The first-order chi connectivity index (χ1) is 12.6. The van der Waals surface area contributed by atoms with Crippen LogP contribution in [0.5, 0.6) is 0 Å². The molecule has 0 unspecified atom stereocenters. The first-order valence-corrected chi connectivity index (χ1v) is 10.7. The van der Waals surface area contributed by atoms with Gasteiger partial charge in [-0.05, 0) is 49.4 Å². The van der Waals surface area contributed by atoms with Gasteiger partial charge < -0.3 is 10.2 Å². The second kappa shape index (κ2) is 7.44. The largest absolute Gasteiger partial charge is 0.352 e. The molecular weight excluding hydrogens is 362 g/mol. The normalized spacial score (nSPS) is 14.6. The van der Waals surface area contributed by atoms with Crippen LogP contribution in [0, 0.1) is 0 Å². The van der Waals surface area contributed by atoms with Gasteiger partial charge in [0.2, 0.25) is 16.0 Å². The topological polar surface area (TPSA) is 101 Å². The summed E-state index contributed by atoms with van der Waals surface area (Å²) in [7, 11) is -3.71. The third-order valence-corrected chi connectivity index (χ3v) is 5.50. The molecule has 1 aromatic heterocycles. The summed E-state index contributed by atoms with van der Waals surface area (Å²) in [5.74, 6) is 1.75. The quantitative estimate of drug-likeness (QED) is 0.815. The van der Waals surface area contributed by atoms with Gasteiger partial charge in [0.25, 0.3) is 0 Å². The fraction of sp³-hybridized carbons (Fsp3) is 0.474. The minimum absolute atomic E-state index is 0.149. The van der Waals surface area contributed by atoms with Crippen molar-refractivity contribution in [2.45, 2.75) is 57.5 Å². The van der Waals surface area contributed by atoms with Gasteiger partial charge in [-0.15, -0.1) is 0 Å². The summed E-state index contributed by atoms with van der Waals surface area (Å²) in [4.78, 5) is 11.6. The average Bonchev–Trinajstić information content (AvgIpc) is 2.59. The van der Waals surface area contributed by atoms with E-state index in [0.717, 1.165) is 35.6 Å². The number of nitrogens with two attached hydrogens (primary N) is 1. The van der Waals surface area contributed by atoms with Gasteiger partial charge in [0.1, 0.15) is 5.82 Å². The number of fused-ring (bicyclic) bond motifs is 1. The lowest BCUT2D eigenvalue weighted by Crippen LogP contribution is -2.32. The van der Waals surface area contributed by atoms with Crippen LogP contribution in [0.15, 0.2) is 29.2 Å². The van der Waals surface area contributed by atoms with Crippen molar-refractivity contribution in [1.29, 1.82) is 0 Å². The Morgan fingerprint density at radius 1 is 1.11 bits per heavy atom. The van der Waals surface area contributed by atoms with Crippen LogP contribution in [0.3, 0.4) is 0 Å². The fourth-order valence-electron chi connectivity index (χ4n) is 3.14. The molecule has 7 nitrogen and oxygen atoms in total. The van der Waals surface area contributed by atoms with Gasteiger partial charge in [-0.3, -0.25) is 0 Å². The van der Waals surface area contributed by atoms with E-state index in [0.29, 0.717) is 12.5 Å². The lowest BCUT2D eigenvalue weighted by molar-refractivity contribution is 0.597. The molecular formula is C19H27N5O2S. The third kappa shape index (κ3) is 4.56. The van der Waals surface area contributed by atoms with Gasteiger partial charge in [0.05, 0.1) is 10.6 Å². The Labute approximate surface area is 161 Å². The predicted molar refractivity (Wildman–Crippen MR) is 107 cm³/mol. The second-order valence-corrected chi connectivity index (χ2v) is 9.14. The van der Waals surface area contributed by atoms with Crippen molar-refractivity contribution in [2.75, 3.05) is 16.8 Å². The number of nitrogens with zero attached hydrogens (tertiary/aromatic N) is 3. The molecule has 2 heterocycles. The van der Waals surface area contributed by atoms with Crippen LogP contribution < -0.4 is 15.4 Å². The Hall–Kier alpha value is -2.19. The molecule has 3 rings (SSSR count). The van der Waals surface area contributed by atoms with Gasteiger partial charge in [-0.1, -0.05) is 19.9 Å². The molecule has 8 heteroatoms. The number of hydrogen-bond donors (Lipinski definition) is 2. The molecule has 1 aromatic carbocycles. The first kappa shape index (κ1) is 19.6. The Morgan fingerprint density at radius 2 is 1.85 bits per heavy atom. The highest BCUT2D eigenvalue weighted by Gasteiger charge is 2.21. The Bertz CT molecular complexity index is 941. The number of primary sulfonamides is 1. The highest BCUT2D eigenvalue weighted by Crippen LogP contribution is 2.27. The van der Waals surface area contributed by atoms with E-state index < -0.39 is 10.0 Å². The van der Waals surface area contributed by atoms with Crippen LogP contribution in [0.25, 0.3) is 0 Å². The van der Waals surface area contributed by atoms with Crippen molar-refractivity contribution >= 4 is 21.8 Å². The zero-order valence-electron chi connectivity index (χ0n) is 16.2. The van der Waals surface area contributed by atoms with Crippen LogP contribution in [0.4, 0.5) is 11.8 Å².